The van der Waals surface area contributed by atoms with E-state index in [0.29, 0.717) is 34.7 Å². The van der Waals surface area contributed by atoms with Crippen LogP contribution in [0.3, 0.4) is 0 Å². The SMILES string of the molecule is Cc1cccc(N2C(=O)c3oc4cc(C)c(C)cc4c(=O)c3C2c2ccc(OCc3ccccc3)cc2)n1. The number of carbonyl (C=O) groups excluding carboxylic acids is 1. The minimum absolute atomic E-state index is 0.0588. The fraction of sp³-hybridized carbons (Fsp3) is 0.156. The third-order valence-corrected chi connectivity index (χ3v) is 7.05. The van der Waals surface area contributed by atoms with Crippen molar-refractivity contribution in [1.29, 1.82) is 0 Å². The van der Waals surface area contributed by atoms with Gasteiger partial charge in [0.25, 0.3) is 5.91 Å². The van der Waals surface area contributed by atoms with Crippen LogP contribution in [0.15, 0.2) is 94.1 Å². The fourth-order valence-electron chi connectivity index (χ4n) is 4.93. The molecule has 0 spiro atoms. The second-order valence-corrected chi connectivity index (χ2v) is 9.66. The van der Waals surface area contributed by atoms with E-state index in [0.717, 1.165) is 27.9 Å². The molecular formula is C32H26N2O4. The van der Waals surface area contributed by atoms with Crippen LogP contribution in [0.4, 0.5) is 5.82 Å². The van der Waals surface area contributed by atoms with Gasteiger partial charge in [-0.25, -0.2) is 4.98 Å². The molecule has 6 rings (SSSR count). The normalized spacial score (nSPS) is 14.7. The zero-order valence-electron chi connectivity index (χ0n) is 21.4. The second-order valence-electron chi connectivity index (χ2n) is 9.66. The fourth-order valence-corrected chi connectivity index (χ4v) is 4.93. The molecule has 38 heavy (non-hydrogen) atoms. The van der Waals surface area contributed by atoms with Crippen molar-refractivity contribution in [2.45, 2.75) is 33.4 Å². The highest BCUT2D eigenvalue weighted by atomic mass is 16.5. The summed E-state index contributed by atoms with van der Waals surface area (Å²) >= 11 is 0. The molecule has 1 unspecified atom stereocenters. The van der Waals surface area contributed by atoms with Crippen molar-refractivity contribution in [3.63, 3.8) is 0 Å². The molecule has 0 N–H and O–H groups in total. The molecule has 6 nitrogen and oxygen atoms in total. The maximum atomic E-state index is 13.9. The van der Waals surface area contributed by atoms with E-state index in [1.54, 1.807) is 11.0 Å². The highest BCUT2D eigenvalue weighted by molar-refractivity contribution is 6.10. The quantitative estimate of drug-likeness (QED) is 0.276. The smallest absolute Gasteiger partial charge is 0.296 e. The summed E-state index contributed by atoms with van der Waals surface area (Å²) in [5.41, 5.74) is 5.11. The van der Waals surface area contributed by atoms with E-state index in [1.165, 1.54) is 0 Å². The first-order chi connectivity index (χ1) is 18.4. The van der Waals surface area contributed by atoms with Crippen LogP contribution in [0, 0.1) is 20.8 Å². The minimum atomic E-state index is -0.683. The van der Waals surface area contributed by atoms with Crippen molar-refractivity contribution in [1.82, 2.24) is 4.98 Å². The van der Waals surface area contributed by atoms with Crippen molar-refractivity contribution in [2.24, 2.45) is 0 Å². The number of rotatable bonds is 5. The first-order valence-corrected chi connectivity index (χ1v) is 12.5. The van der Waals surface area contributed by atoms with Crippen LogP contribution >= 0.6 is 0 Å². The summed E-state index contributed by atoms with van der Waals surface area (Å²) in [5, 5.41) is 0.464. The van der Waals surface area contributed by atoms with E-state index >= 15 is 0 Å². The lowest BCUT2D eigenvalue weighted by Gasteiger charge is -2.24. The molecule has 1 atom stereocenters. The van der Waals surface area contributed by atoms with E-state index in [9.17, 15) is 9.59 Å². The average Bonchev–Trinajstić information content (AvgIpc) is 3.22. The van der Waals surface area contributed by atoms with Gasteiger partial charge in [-0.1, -0.05) is 48.5 Å². The average molecular weight is 503 g/mol. The third-order valence-electron chi connectivity index (χ3n) is 7.05. The van der Waals surface area contributed by atoms with Crippen LogP contribution in [0.5, 0.6) is 5.75 Å². The van der Waals surface area contributed by atoms with Gasteiger partial charge in [0.1, 0.15) is 23.8 Å². The summed E-state index contributed by atoms with van der Waals surface area (Å²) in [6.45, 7) is 6.23. The molecule has 1 aliphatic heterocycles. The number of ether oxygens (including phenoxy) is 1. The molecule has 2 aromatic heterocycles. The molecule has 3 aromatic carbocycles. The highest BCUT2D eigenvalue weighted by Gasteiger charge is 2.44. The minimum Gasteiger partial charge on any atom is -0.489 e. The van der Waals surface area contributed by atoms with E-state index < -0.39 is 6.04 Å². The first kappa shape index (κ1) is 23.7. The van der Waals surface area contributed by atoms with Crippen molar-refractivity contribution in [3.8, 4) is 5.75 Å². The number of hydrogen-bond donors (Lipinski definition) is 0. The molecule has 3 heterocycles. The molecule has 0 bridgehead atoms. The predicted octanol–water partition coefficient (Wildman–Crippen LogP) is 6.44. The van der Waals surface area contributed by atoms with E-state index in [-0.39, 0.29) is 17.1 Å². The number of aryl methyl sites for hydroxylation is 3. The van der Waals surface area contributed by atoms with Crippen LogP contribution in [0.2, 0.25) is 0 Å². The van der Waals surface area contributed by atoms with Gasteiger partial charge in [-0.15, -0.1) is 0 Å². The number of benzene rings is 3. The summed E-state index contributed by atoms with van der Waals surface area (Å²) in [5.74, 6) is 0.832. The molecule has 1 aliphatic rings. The van der Waals surface area contributed by atoms with Gasteiger partial charge in [0.2, 0.25) is 5.76 Å². The molecule has 1 amide bonds. The van der Waals surface area contributed by atoms with Crippen LogP contribution in [-0.2, 0) is 6.61 Å². The Labute approximate surface area is 220 Å². The van der Waals surface area contributed by atoms with Crippen LogP contribution in [0.1, 0.15) is 50.1 Å². The zero-order valence-corrected chi connectivity index (χ0v) is 21.4. The molecule has 0 fully saturated rings. The Morgan fingerprint density at radius 2 is 1.61 bits per heavy atom. The topological polar surface area (TPSA) is 72.6 Å². The van der Waals surface area contributed by atoms with Gasteiger partial charge >= 0.3 is 0 Å². The molecular weight excluding hydrogens is 476 g/mol. The van der Waals surface area contributed by atoms with Gasteiger partial charge in [-0.3, -0.25) is 14.5 Å². The standard InChI is InChI=1S/C32H26N2O4/c1-19-16-25-26(17-20(19)2)38-31-28(30(25)35)29(34(32(31)36)27-11-7-8-21(3)33-27)23-12-14-24(15-13-23)37-18-22-9-5-4-6-10-22/h4-17,29H,18H2,1-3H3. The van der Waals surface area contributed by atoms with Gasteiger partial charge in [0.15, 0.2) is 5.43 Å². The number of pyridine rings is 1. The molecule has 6 heteroatoms. The Balaban J connectivity index is 1.46. The van der Waals surface area contributed by atoms with E-state index in [4.69, 9.17) is 9.15 Å². The Bertz CT molecular complexity index is 1740. The van der Waals surface area contributed by atoms with Crippen molar-refractivity contribution < 1.29 is 13.9 Å². The monoisotopic (exact) mass is 502 g/mol. The third kappa shape index (κ3) is 4.04. The maximum Gasteiger partial charge on any atom is 0.296 e. The van der Waals surface area contributed by atoms with E-state index in [1.807, 2.05) is 99.6 Å². The van der Waals surface area contributed by atoms with Gasteiger partial charge in [-0.2, -0.15) is 0 Å². The van der Waals surface area contributed by atoms with Crippen LogP contribution in [0.25, 0.3) is 11.0 Å². The molecule has 5 aromatic rings. The number of aromatic nitrogens is 1. The van der Waals surface area contributed by atoms with Crippen LogP contribution < -0.4 is 15.1 Å². The molecule has 188 valence electrons. The number of hydrogen-bond acceptors (Lipinski definition) is 5. The number of fused-ring (bicyclic) bond motifs is 2. The molecule has 0 saturated carbocycles. The lowest BCUT2D eigenvalue weighted by Crippen LogP contribution is -2.30. The van der Waals surface area contributed by atoms with Gasteiger partial charge in [-0.05, 0) is 79.4 Å². The number of anilines is 1. The Kier molecular flexibility index (Phi) is 5.80. The van der Waals surface area contributed by atoms with Gasteiger partial charge in [0.05, 0.1) is 17.0 Å². The molecule has 0 aliphatic carbocycles. The lowest BCUT2D eigenvalue weighted by molar-refractivity contribution is 0.0970. The van der Waals surface area contributed by atoms with E-state index in [2.05, 4.69) is 4.98 Å². The number of amides is 1. The van der Waals surface area contributed by atoms with Crippen molar-refractivity contribution in [2.75, 3.05) is 4.90 Å². The van der Waals surface area contributed by atoms with Crippen LogP contribution in [-0.4, -0.2) is 10.9 Å². The van der Waals surface area contributed by atoms with Gasteiger partial charge < -0.3 is 9.15 Å². The lowest BCUT2D eigenvalue weighted by atomic mass is 9.97. The summed E-state index contributed by atoms with van der Waals surface area (Å²) in [4.78, 5) is 33.9. The maximum absolute atomic E-state index is 13.9. The summed E-state index contributed by atoms with van der Waals surface area (Å²) in [6.07, 6.45) is 0. The molecule has 0 radical (unpaired) electrons. The first-order valence-electron chi connectivity index (χ1n) is 12.5. The second kappa shape index (κ2) is 9.30. The Morgan fingerprint density at radius 3 is 2.34 bits per heavy atom. The largest absolute Gasteiger partial charge is 0.489 e. The highest BCUT2D eigenvalue weighted by Crippen LogP contribution is 2.41. The summed E-state index contributed by atoms with van der Waals surface area (Å²) < 4.78 is 12.1. The number of nitrogens with zero attached hydrogens (tertiary/aromatic N) is 2. The number of carbonyl (C=O) groups is 1. The van der Waals surface area contributed by atoms with Crippen molar-refractivity contribution >= 4 is 22.7 Å². The predicted molar refractivity (Wildman–Crippen MR) is 147 cm³/mol. The Hall–Kier alpha value is -4.71. The Morgan fingerprint density at radius 1 is 0.868 bits per heavy atom. The summed E-state index contributed by atoms with van der Waals surface area (Å²) in [6, 6.07) is 25.9. The van der Waals surface area contributed by atoms with Gasteiger partial charge in [0, 0.05) is 5.69 Å². The summed E-state index contributed by atoms with van der Waals surface area (Å²) in [7, 11) is 0. The molecule has 0 saturated heterocycles. The zero-order chi connectivity index (χ0) is 26.4. The van der Waals surface area contributed by atoms with Crippen molar-refractivity contribution in [3.05, 3.63) is 134 Å².